The molecule has 6 nitrogen and oxygen atoms in total. The van der Waals surface area contributed by atoms with Crippen molar-refractivity contribution in [3.05, 3.63) is 42.5 Å². The van der Waals surface area contributed by atoms with E-state index in [4.69, 9.17) is 9.15 Å². The summed E-state index contributed by atoms with van der Waals surface area (Å²) in [5, 5.41) is 7.96. The lowest BCUT2D eigenvalue weighted by atomic mass is 9.84. The van der Waals surface area contributed by atoms with E-state index in [1.165, 1.54) is 6.92 Å². The highest BCUT2D eigenvalue weighted by atomic mass is 16.5. The van der Waals surface area contributed by atoms with Gasteiger partial charge in [0.05, 0.1) is 0 Å². The Morgan fingerprint density at radius 1 is 1.07 bits per heavy atom. The molecule has 0 saturated heterocycles. The second-order valence-corrected chi connectivity index (χ2v) is 7.70. The van der Waals surface area contributed by atoms with Crippen LogP contribution in [0, 0.1) is 5.92 Å². The van der Waals surface area contributed by atoms with Crippen molar-refractivity contribution in [2.75, 3.05) is 13.2 Å². The fourth-order valence-electron chi connectivity index (χ4n) is 4.14. The van der Waals surface area contributed by atoms with Crippen molar-refractivity contribution in [1.29, 1.82) is 0 Å². The lowest BCUT2D eigenvalue weighted by Gasteiger charge is -2.32. The van der Waals surface area contributed by atoms with Gasteiger partial charge in [-0.15, -0.1) is 0 Å². The third kappa shape index (κ3) is 4.53. The lowest BCUT2D eigenvalue weighted by molar-refractivity contribution is -0.123. The summed E-state index contributed by atoms with van der Waals surface area (Å²) in [4.78, 5) is 23.7. The molecule has 1 saturated carbocycles. The highest BCUT2D eigenvalue weighted by molar-refractivity contribution is 6.05. The van der Waals surface area contributed by atoms with E-state index < -0.39 is 0 Å². The maximum atomic E-state index is 12.3. The van der Waals surface area contributed by atoms with Gasteiger partial charge in [0.1, 0.15) is 16.9 Å². The number of para-hydroxylation sites is 1. The van der Waals surface area contributed by atoms with Crippen molar-refractivity contribution in [3.63, 3.8) is 0 Å². The largest absolute Gasteiger partial charge is 0.484 e. The predicted octanol–water partition coefficient (Wildman–Crippen LogP) is 3.78. The number of furan rings is 1. The van der Waals surface area contributed by atoms with Gasteiger partial charge in [0.2, 0.25) is 5.91 Å². The van der Waals surface area contributed by atoms with Crippen molar-refractivity contribution in [2.45, 2.75) is 38.6 Å². The molecular weight excluding hydrogens is 368 g/mol. The smallest absolute Gasteiger partial charge is 0.257 e. The van der Waals surface area contributed by atoms with Crippen molar-refractivity contribution in [2.24, 2.45) is 5.92 Å². The summed E-state index contributed by atoms with van der Waals surface area (Å²) in [6, 6.07) is 13.6. The van der Waals surface area contributed by atoms with Crippen molar-refractivity contribution in [3.8, 4) is 5.75 Å². The Bertz CT molecular complexity index is 1030. The first kappa shape index (κ1) is 19.3. The van der Waals surface area contributed by atoms with Crippen LogP contribution in [0.1, 0.15) is 32.6 Å². The molecule has 0 radical (unpaired) electrons. The molecule has 2 atom stereocenters. The highest BCUT2D eigenvalue weighted by Crippen LogP contribution is 2.31. The molecule has 1 aliphatic rings. The number of carbonyl (C=O) groups excluding carboxylic acids is 2. The van der Waals surface area contributed by atoms with Gasteiger partial charge >= 0.3 is 0 Å². The Labute approximate surface area is 169 Å². The monoisotopic (exact) mass is 394 g/mol. The number of benzene rings is 2. The summed E-state index contributed by atoms with van der Waals surface area (Å²) in [6.45, 7) is 2.05. The molecule has 4 rings (SSSR count). The Balaban J connectivity index is 1.33. The normalized spacial score (nSPS) is 19.2. The predicted molar refractivity (Wildman–Crippen MR) is 112 cm³/mol. The number of ether oxygens (including phenoxy) is 1. The van der Waals surface area contributed by atoms with E-state index in [1.54, 1.807) is 0 Å². The van der Waals surface area contributed by atoms with Crippen molar-refractivity contribution >= 4 is 33.8 Å². The zero-order valence-corrected chi connectivity index (χ0v) is 16.6. The zero-order chi connectivity index (χ0) is 20.2. The van der Waals surface area contributed by atoms with Crippen molar-refractivity contribution in [1.82, 2.24) is 10.6 Å². The molecule has 0 spiro atoms. The standard InChI is InChI=1S/C23H26N2O4/c1-15(26)25-20-8-4-2-6-16(20)13-24-23(27)14-28-17-10-11-22-19(12-17)18-7-3-5-9-21(18)29-22/h3,5,7,9-12,16,20H,2,4,6,8,13-14H2,1H3,(H,24,27)(H,25,26)/t16-,20-/m1/s1. The van der Waals surface area contributed by atoms with Gasteiger partial charge < -0.3 is 19.8 Å². The number of carbonyl (C=O) groups is 2. The molecule has 29 heavy (non-hydrogen) atoms. The Hall–Kier alpha value is -3.02. The van der Waals surface area contributed by atoms with Gasteiger partial charge in [0.25, 0.3) is 5.91 Å². The summed E-state index contributed by atoms with van der Waals surface area (Å²) < 4.78 is 11.5. The molecule has 1 fully saturated rings. The molecule has 0 bridgehead atoms. The van der Waals surface area contributed by atoms with Crippen LogP contribution in [0.2, 0.25) is 0 Å². The molecule has 3 aromatic rings. The fraction of sp³-hybridized carbons (Fsp3) is 0.391. The summed E-state index contributed by atoms with van der Waals surface area (Å²) in [7, 11) is 0. The quantitative estimate of drug-likeness (QED) is 0.667. The van der Waals surface area contributed by atoms with Crippen LogP contribution in [0.15, 0.2) is 46.9 Å². The molecule has 6 heteroatoms. The van der Waals surface area contributed by atoms with Crippen LogP contribution in [0.5, 0.6) is 5.75 Å². The minimum Gasteiger partial charge on any atom is -0.484 e. The molecule has 2 N–H and O–H groups in total. The van der Waals surface area contributed by atoms with Crippen LogP contribution in [0.4, 0.5) is 0 Å². The Morgan fingerprint density at radius 2 is 1.86 bits per heavy atom. The van der Waals surface area contributed by atoms with E-state index in [1.807, 2.05) is 42.5 Å². The second kappa shape index (κ2) is 8.55. The van der Waals surface area contributed by atoms with E-state index in [-0.39, 0.29) is 30.4 Å². The van der Waals surface area contributed by atoms with Gasteiger partial charge in [-0.05, 0) is 43.0 Å². The van der Waals surface area contributed by atoms with Crippen LogP contribution in [0.25, 0.3) is 21.9 Å². The molecule has 0 aliphatic heterocycles. The number of amides is 2. The van der Waals surface area contributed by atoms with Gasteiger partial charge in [-0.3, -0.25) is 9.59 Å². The number of hydrogen-bond donors (Lipinski definition) is 2. The van der Waals surface area contributed by atoms with Crippen LogP contribution in [0.3, 0.4) is 0 Å². The first-order chi connectivity index (χ1) is 14.1. The van der Waals surface area contributed by atoms with Gasteiger partial charge in [-0.25, -0.2) is 0 Å². The minimum absolute atomic E-state index is 0.0151. The first-order valence-electron chi connectivity index (χ1n) is 10.2. The maximum absolute atomic E-state index is 12.3. The average molecular weight is 394 g/mol. The topological polar surface area (TPSA) is 80.6 Å². The number of hydrogen-bond acceptors (Lipinski definition) is 4. The van der Waals surface area contributed by atoms with E-state index in [0.29, 0.717) is 12.3 Å². The molecule has 1 heterocycles. The first-order valence-corrected chi connectivity index (χ1v) is 10.2. The van der Waals surface area contributed by atoms with Gasteiger partial charge in [-0.2, -0.15) is 0 Å². The Kier molecular flexibility index (Phi) is 5.69. The number of fused-ring (bicyclic) bond motifs is 3. The maximum Gasteiger partial charge on any atom is 0.257 e. The summed E-state index contributed by atoms with van der Waals surface area (Å²) in [5.74, 6) is 0.728. The van der Waals surface area contributed by atoms with Gasteiger partial charge in [-0.1, -0.05) is 31.0 Å². The van der Waals surface area contributed by atoms with Gasteiger partial charge in [0.15, 0.2) is 6.61 Å². The van der Waals surface area contributed by atoms with Crippen LogP contribution >= 0.6 is 0 Å². The van der Waals surface area contributed by atoms with E-state index in [0.717, 1.165) is 47.6 Å². The minimum atomic E-state index is -0.158. The van der Waals surface area contributed by atoms with E-state index in [9.17, 15) is 9.59 Å². The van der Waals surface area contributed by atoms with Crippen LogP contribution in [-0.4, -0.2) is 31.0 Å². The summed E-state index contributed by atoms with van der Waals surface area (Å²) in [5.41, 5.74) is 1.63. The van der Waals surface area contributed by atoms with Crippen LogP contribution in [-0.2, 0) is 9.59 Å². The molecular formula is C23H26N2O4. The summed E-state index contributed by atoms with van der Waals surface area (Å²) in [6.07, 6.45) is 4.22. The SMILES string of the molecule is CC(=O)N[C@@H]1CCCC[C@@H]1CNC(=O)COc1ccc2oc3ccccc3c2c1. The molecule has 1 aromatic heterocycles. The van der Waals surface area contributed by atoms with E-state index in [2.05, 4.69) is 10.6 Å². The third-order valence-electron chi connectivity index (χ3n) is 5.58. The molecule has 2 amide bonds. The van der Waals surface area contributed by atoms with Gasteiger partial charge in [0, 0.05) is 30.3 Å². The number of nitrogens with one attached hydrogen (secondary N) is 2. The number of rotatable bonds is 6. The average Bonchev–Trinajstić information content (AvgIpc) is 3.09. The molecule has 2 aromatic carbocycles. The fourth-order valence-corrected chi connectivity index (χ4v) is 4.14. The zero-order valence-electron chi connectivity index (χ0n) is 16.6. The van der Waals surface area contributed by atoms with E-state index >= 15 is 0 Å². The summed E-state index contributed by atoms with van der Waals surface area (Å²) >= 11 is 0. The lowest BCUT2D eigenvalue weighted by Crippen LogP contribution is -2.46. The van der Waals surface area contributed by atoms with Crippen molar-refractivity contribution < 1.29 is 18.7 Å². The third-order valence-corrected chi connectivity index (χ3v) is 5.58. The van der Waals surface area contributed by atoms with Crippen LogP contribution < -0.4 is 15.4 Å². The highest BCUT2D eigenvalue weighted by Gasteiger charge is 2.26. The molecule has 152 valence electrons. The Morgan fingerprint density at radius 3 is 2.72 bits per heavy atom. The molecule has 0 unspecified atom stereocenters. The molecule has 1 aliphatic carbocycles. The second-order valence-electron chi connectivity index (χ2n) is 7.70.